The monoisotopic (exact) mass is 362 g/mol. The Hall–Kier alpha value is -2.60. The van der Waals surface area contributed by atoms with E-state index in [0.717, 1.165) is 0 Å². The highest BCUT2D eigenvalue weighted by atomic mass is 35.5. The van der Waals surface area contributed by atoms with E-state index in [4.69, 9.17) is 16.3 Å². The van der Waals surface area contributed by atoms with Crippen LogP contribution in [-0.2, 0) is 4.79 Å². The van der Waals surface area contributed by atoms with E-state index in [-0.39, 0.29) is 22.9 Å². The highest BCUT2D eigenvalue weighted by Crippen LogP contribution is 2.25. The molecule has 1 saturated heterocycles. The average Bonchev–Trinajstić information content (AvgIpc) is 2.95. The van der Waals surface area contributed by atoms with Gasteiger partial charge >= 0.3 is 0 Å². The first-order valence-corrected chi connectivity index (χ1v) is 8.06. The second-order valence-corrected chi connectivity index (χ2v) is 6.08. The third-order valence-electron chi connectivity index (χ3n) is 4.03. The summed E-state index contributed by atoms with van der Waals surface area (Å²) in [6.07, 6.45) is 0.143. The maximum Gasteiger partial charge on any atom is 0.256 e. The Morgan fingerprint density at radius 1 is 1.28 bits per heavy atom. The van der Waals surface area contributed by atoms with Crippen molar-refractivity contribution in [3.05, 3.63) is 58.9 Å². The molecule has 1 atom stereocenters. The standard InChI is InChI=1S/C18H16ClFN2O3/c1-25-13-7-5-12(6-8-13)22-10-11(9-16(22)23)21-18(24)17-14(19)3-2-4-15(17)20/h2-8,11H,9-10H2,1H3,(H,21,24). The summed E-state index contributed by atoms with van der Waals surface area (Å²) in [7, 11) is 1.56. The Balaban J connectivity index is 1.71. The topological polar surface area (TPSA) is 58.6 Å². The molecule has 1 heterocycles. The molecule has 130 valence electrons. The second kappa shape index (κ2) is 7.11. The molecule has 0 saturated carbocycles. The third-order valence-corrected chi connectivity index (χ3v) is 4.35. The summed E-state index contributed by atoms with van der Waals surface area (Å²) in [5, 5.41) is 2.71. The number of amides is 2. The minimum absolute atomic E-state index is 0.0360. The molecule has 3 rings (SSSR count). The quantitative estimate of drug-likeness (QED) is 0.909. The average molecular weight is 363 g/mol. The summed E-state index contributed by atoms with van der Waals surface area (Å²) in [6, 6.07) is 10.7. The van der Waals surface area contributed by atoms with Gasteiger partial charge in [-0.1, -0.05) is 17.7 Å². The molecule has 0 aromatic heterocycles. The minimum Gasteiger partial charge on any atom is -0.497 e. The number of anilines is 1. The molecule has 1 unspecified atom stereocenters. The third kappa shape index (κ3) is 3.58. The highest BCUT2D eigenvalue weighted by molar-refractivity contribution is 6.33. The molecule has 5 nitrogen and oxygen atoms in total. The maximum absolute atomic E-state index is 13.8. The van der Waals surface area contributed by atoms with Crippen molar-refractivity contribution in [2.24, 2.45) is 0 Å². The van der Waals surface area contributed by atoms with Gasteiger partial charge in [0.2, 0.25) is 5.91 Å². The Labute approximate surface area is 149 Å². The van der Waals surface area contributed by atoms with Crippen molar-refractivity contribution >= 4 is 29.1 Å². The molecule has 2 amide bonds. The molecule has 0 spiro atoms. The van der Waals surface area contributed by atoms with Gasteiger partial charge in [-0.2, -0.15) is 0 Å². The largest absolute Gasteiger partial charge is 0.497 e. The number of benzene rings is 2. The SMILES string of the molecule is COc1ccc(N2CC(NC(=O)c3c(F)cccc3Cl)CC2=O)cc1. The molecule has 1 aliphatic heterocycles. The Morgan fingerprint density at radius 2 is 2.00 bits per heavy atom. The fraction of sp³-hybridized carbons (Fsp3) is 0.222. The number of hydrogen-bond acceptors (Lipinski definition) is 3. The van der Waals surface area contributed by atoms with Crippen LogP contribution in [0.3, 0.4) is 0 Å². The van der Waals surface area contributed by atoms with Crippen LogP contribution >= 0.6 is 11.6 Å². The number of halogens is 2. The molecule has 1 fully saturated rings. The number of carbonyl (C=O) groups excluding carboxylic acids is 2. The van der Waals surface area contributed by atoms with Crippen LogP contribution < -0.4 is 15.0 Å². The lowest BCUT2D eigenvalue weighted by Crippen LogP contribution is -2.37. The molecule has 2 aromatic carbocycles. The Morgan fingerprint density at radius 3 is 2.64 bits per heavy atom. The predicted molar refractivity (Wildman–Crippen MR) is 92.6 cm³/mol. The van der Waals surface area contributed by atoms with Crippen LogP contribution in [0.1, 0.15) is 16.8 Å². The zero-order chi connectivity index (χ0) is 18.0. The molecule has 2 aromatic rings. The van der Waals surface area contributed by atoms with E-state index in [1.807, 2.05) is 0 Å². The van der Waals surface area contributed by atoms with E-state index in [9.17, 15) is 14.0 Å². The lowest BCUT2D eigenvalue weighted by atomic mass is 10.1. The Kier molecular flexibility index (Phi) is 4.90. The summed E-state index contributed by atoms with van der Waals surface area (Å²) in [5.74, 6) is -0.747. The van der Waals surface area contributed by atoms with Crippen LogP contribution in [0.25, 0.3) is 0 Å². The number of rotatable bonds is 4. The predicted octanol–water partition coefficient (Wildman–Crippen LogP) is 3.02. The highest BCUT2D eigenvalue weighted by Gasteiger charge is 2.32. The van der Waals surface area contributed by atoms with Crippen molar-refractivity contribution in [2.45, 2.75) is 12.5 Å². The maximum atomic E-state index is 13.8. The van der Waals surface area contributed by atoms with Crippen molar-refractivity contribution in [2.75, 3.05) is 18.6 Å². The minimum atomic E-state index is -0.693. The zero-order valence-corrected chi connectivity index (χ0v) is 14.2. The molecule has 0 aliphatic carbocycles. The van der Waals surface area contributed by atoms with Crippen LogP contribution in [0.4, 0.5) is 10.1 Å². The summed E-state index contributed by atoms with van der Waals surface area (Å²) in [5.41, 5.74) is 0.506. The van der Waals surface area contributed by atoms with Crippen LogP contribution in [0.15, 0.2) is 42.5 Å². The zero-order valence-electron chi connectivity index (χ0n) is 13.5. The summed E-state index contributed by atoms with van der Waals surface area (Å²) >= 11 is 5.90. The first-order valence-electron chi connectivity index (χ1n) is 7.69. The van der Waals surface area contributed by atoms with Crippen LogP contribution in [-0.4, -0.2) is 31.5 Å². The van der Waals surface area contributed by atoms with E-state index < -0.39 is 17.8 Å². The molecule has 1 N–H and O–H groups in total. The summed E-state index contributed by atoms with van der Waals surface area (Å²) < 4.78 is 18.9. The van der Waals surface area contributed by atoms with E-state index in [0.29, 0.717) is 18.0 Å². The van der Waals surface area contributed by atoms with Crippen molar-refractivity contribution < 1.29 is 18.7 Å². The van der Waals surface area contributed by atoms with Crippen LogP contribution in [0.2, 0.25) is 5.02 Å². The first kappa shape index (κ1) is 17.2. The number of methoxy groups -OCH3 is 1. The number of ether oxygens (including phenoxy) is 1. The van der Waals surface area contributed by atoms with E-state index >= 15 is 0 Å². The summed E-state index contributed by atoms with van der Waals surface area (Å²) in [4.78, 5) is 26.1. The molecule has 7 heteroatoms. The second-order valence-electron chi connectivity index (χ2n) is 5.67. The van der Waals surface area contributed by atoms with Gasteiger partial charge in [0, 0.05) is 18.7 Å². The fourth-order valence-electron chi connectivity index (χ4n) is 2.79. The number of hydrogen-bond donors (Lipinski definition) is 1. The van der Waals surface area contributed by atoms with Gasteiger partial charge in [0.15, 0.2) is 0 Å². The van der Waals surface area contributed by atoms with Gasteiger partial charge < -0.3 is 15.0 Å². The smallest absolute Gasteiger partial charge is 0.256 e. The van der Waals surface area contributed by atoms with Crippen molar-refractivity contribution in [3.63, 3.8) is 0 Å². The fourth-order valence-corrected chi connectivity index (χ4v) is 3.04. The van der Waals surface area contributed by atoms with Gasteiger partial charge in [0.25, 0.3) is 5.91 Å². The van der Waals surface area contributed by atoms with Gasteiger partial charge in [-0.25, -0.2) is 4.39 Å². The normalized spacial score (nSPS) is 16.8. The van der Waals surface area contributed by atoms with Crippen molar-refractivity contribution in [1.82, 2.24) is 5.32 Å². The van der Waals surface area contributed by atoms with Gasteiger partial charge in [0.1, 0.15) is 11.6 Å². The van der Waals surface area contributed by atoms with Gasteiger partial charge in [-0.3, -0.25) is 9.59 Å². The van der Waals surface area contributed by atoms with E-state index in [1.54, 1.807) is 36.3 Å². The number of carbonyl (C=O) groups is 2. The molecule has 0 bridgehead atoms. The summed E-state index contributed by atoms with van der Waals surface area (Å²) in [6.45, 7) is 0.309. The van der Waals surface area contributed by atoms with Crippen LogP contribution in [0, 0.1) is 5.82 Å². The number of nitrogens with zero attached hydrogens (tertiary/aromatic N) is 1. The molecule has 1 aliphatic rings. The molecule has 25 heavy (non-hydrogen) atoms. The Bertz CT molecular complexity index is 790. The molecular formula is C18H16ClFN2O3. The van der Waals surface area contributed by atoms with Crippen molar-refractivity contribution in [3.8, 4) is 5.75 Å². The first-order chi connectivity index (χ1) is 12.0. The lowest BCUT2D eigenvalue weighted by molar-refractivity contribution is -0.117. The van der Waals surface area contributed by atoms with Crippen LogP contribution in [0.5, 0.6) is 5.75 Å². The molecular weight excluding hydrogens is 347 g/mol. The van der Waals surface area contributed by atoms with Gasteiger partial charge in [-0.05, 0) is 36.4 Å². The van der Waals surface area contributed by atoms with E-state index in [2.05, 4.69) is 5.32 Å². The molecule has 0 radical (unpaired) electrons. The number of nitrogens with one attached hydrogen (secondary N) is 1. The van der Waals surface area contributed by atoms with Gasteiger partial charge in [-0.15, -0.1) is 0 Å². The van der Waals surface area contributed by atoms with Gasteiger partial charge in [0.05, 0.1) is 23.7 Å². The van der Waals surface area contributed by atoms with Crippen molar-refractivity contribution in [1.29, 1.82) is 0 Å². The lowest BCUT2D eigenvalue weighted by Gasteiger charge is -2.18. The van der Waals surface area contributed by atoms with E-state index in [1.165, 1.54) is 18.2 Å².